The highest BCUT2D eigenvalue weighted by Gasteiger charge is 1.94. The SMILES string of the molecule is Br.CCCCCCCC[Si](C)C. The summed E-state index contributed by atoms with van der Waals surface area (Å²) in [5.41, 5.74) is 0. The lowest BCUT2D eigenvalue weighted by molar-refractivity contribution is 0.623. The molecule has 0 saturated carbocycles. The molecule has 0 heterocycles. The zero-order valence-electron chi connectivity index (χ0n) is 8.86. The molecule has 0 amide bonds. The third-order valence-corrected chi connectivity index (χ3v) is 3.38. The summed E-state index contributed by atoms with van der Waals surface area (Å²) in [4.78, 5) is 0. The minimum absolute atomic E-state index is 0. The van der Waals surface area contributed by atoms with Gasteiger partial charge in [0.25, 0.3) is 0 Å². The number of unbranched alkanes of at least 4 members (excludes halogenated alkanes) is 5. The van der Waals surface area contributed by atoms with Crippen molar-refractivity contribution in [2.24, 2.45) is 0 Å². The van der Waals surface area contributed by atoms with Crippen molar-refractivity contribution in [2.75, 3.05) is 0 Å². The summed E-state index contributed by atoms with van der Waals surface area (Å²) < 4.78 is 0. The molecule has 0 saturated heterocycles. The maximum absolute atomic E-state index is 2.41. The highest BCUT2D eigenvalue weighted by Crippen LogP contribution is 2.08. The molecule has 0 unspecified atom stereocenters. The number of rotatable bonds is 7. The fourth-order valence-electron chi connectivity index (χ4n) is 1.26. The third-order valence-electron chi connectivity index (χ3n) is 2.03. The molecule has 0 rings (SSSR count). The van der Waals surface area contributed by atoms with Crippen LogP contribution in [0.2, 0.25) is 19.1 Å². The first-order valence-electron chi connectivity index (χ1n) is 5.06. The topological polar surface area (TPSA) is 0 Å². The van der Waals surface area contributed by atoms with Gasteiger partial charge < -0.3 is 0 Å². The van der Waals surface area contributed by atoms with Crippen molar-refractivity contribution in [3.63, 3.8) is 0 Å². The minimum atomic E-state index is 0. The first-order valence-corrected chi connectivity index (χ1v) is 7.77. The standard InChI is InChI=1S/C10H23Si.BrH/c1-4-5-6-7-8-9-10-11(2)3;/h4-10H2,1-3H3;1H. The van der Waals surface area contributed by atoms with Crippen LogP contribution < -0.4 is 0 Å². The second kappa shape index (κ2) is 11.7. The predicted octanol–water partition coefficient (Wildman–Crippen LogP) is 4.68. The summed E-state index contributed by atoms with van der Waals surface area (Å²) in [6, 6.07) is 1.52. The summed E-state index contributed by atoms with van der Waals surface area (Å²) in [6.07, 6.45) is 8.72. The molecule has 0 nitrogen and oxygen atoms in total. The van der Waals surface area contributed by atoms with E-state index in [1.807, 2.05) is 0 Å². The third kappa shape index (κ3) is 13.3. The highest BCUT2D eigenvalue weighted by molar-refractivity contribution is 8.93. The molecule has 0 aliphatic heterocycles. The molecule has 75 valence electrons. The zero-order valence-corrected chi connectivity index (χ0v) is 11.6. The van der Waals surface area contributed by atoms with Crippen molar-refractivity contribution >= 4 is 25.8 Å². The van der Waals surface area contributed by atoms with Gasteiger partial charge in [0.05, 0.1) is 0 Å². The van der Waals surface area contributed by atoms with E-state index in [0.717, 1.165) is 0 Å². The van der Waals surface area contributed by atoms with Gasteiger partial charge in [-0.15, -0.1) is 17.0 Å². The Bertz CT molecular complexity index is 74.2. The normalized spacial score (nSPS) is 10.0. The lowest BCUT2D eigenvalue weighted by atomic mass is 10.1. The van der Waals surface area contributed by atoms with Crippen LogP contribution in [0.15, 0.2) is 0 Å². The van der Waals surface area contributed by atoms with Gasteiger partial charge in [0.15, 0.2) is 0 Å². The molecule has 0 aromatic rings. The van der Waals surface area contributed by atoms with Crippen LogP contribution in [0, 0.1) is 0 Å². The number of hydrogen-bond donors (Lipinski definition) is 0. The first-order chi connectivity index (χ1) is 5.27. The monoisotopic (exact) mass is 251 g/mol. The lowest BCUT2D eigenvalue weighted by Gasteiger charge is -2.01. The molecule has 0 atom stereocenters. The summed E-state index contributed by atoms with van der Waals surface area (Å²) in [7, 11) is 0.0728. The van der Waals surface area contributed by atoms with Crippen molar-refractivity contribution in [3.8, 4) is 0 Å². The molecular formula is C10H24BrSi. The average Bonchev–Trinajstić information content (AvgIpc) is 1.96. The zero-order chi connectivity index (χ0) is 8.53. The second-order valence-corrected chi connectivity index (χ2v) is 6.64. The van der Waals surface area contributed by atoms with Crippen molar-refractivity contribution < 1.29 is 0 Å². The van der Waals surface area contributed by atoms with Crippen LogP contribution in [-0.4, -0.2) is 8.80 Å². The van der Waals surface area contributed by atoms with Crippen molar-refractivity contribution in [1.29, 1.82) is 0 Å². The summed E-state index contributed by atoms with van der Waals surface area (Å²) in [5.74, 6) is 0. The van der Waals surface area contributed by atoms with Gasteiger partial charge in [-0.1, -0.05) is 64.6 Å². The van der Waals surface area contributed by atoms with Crippen LogP contribution in [-0.2, 0) is 0 Å². The van der Waals surface area contributed by atoms with Crippen molar-refractivity contribution in [2.45, 2.75) is 64.6 Å². The molecule has 1 radical (unpaired) electrons. The van der Waals surface area contributed by atoms with Gasteiger partial charge in [-0.25, -0.2) is 0 Å². The van der Waals surface area contributed by atoms with E-state index in [2.05, 4.69) is 20.0 Å². The van der Waals surface area contributed by atoms with Gasteiger partial charge in [0.1, 0.15) is 0 Å². The van der Waals surface area contributed by atoms with Gasteiger partial charge in [0, 0.05) is 8.80 Å². The molecular weight excluding hydrogens is 228 g/mol. The van der Waals surface area contributed by atoms with Crippen LogP contribution in [0.5, 0.6) is 0 Å². The average molecular weight is 252 g/mol. The molecule has 0 N–H and O–H groups in total. The predicted molar refractivity (Wildman–Crippen MR) is 66.0 cm³/mol. The highest BCUT2D eigenvalue weighted by atomic mass is 79.9. The number of halogens is 1. The van der Waals surface area contributed by atoms with Gasteiger partial charge in [-0.05, 0) is 0 Å². The Morgan fingerprint density at radius 1 is 0.833 bits per heavy atom. The Morgan fingerprint density at radius 2 is 1.33 bits per heavy atom. The van der Waals surface area contributed by atoms with Gasteiger partial charge in [0.2, 0.25) is 0 Å². The Morgan fingerprint density at radius 3 is 1.83 bits per heavy atom. The van der Waals surface area contributed by atoms with E-state index in [4.69, 9.17) is 0 Å². The second-order valence-electron chi connectivity index (χ2n) is 3.72. The van der Waals surface area contributed by atoms with Crippen LogP contribution in [0.3, 0.4) is 0 Å². The first kappa shape index (κ1) is 15.2. The summed E-state index contributed by atoms with van der Waals surface area (Å²) in [5, 5.41) is 0. The maximum Gasteiger partial charge on any atom is 0.0412 e. The number of hydrogen-bond acceptors (Lipinski definition) is 0. The van der Waals surface area contributed by atoms with E-state index in [0.29, 0.717) is 0 Å². The smallest absolute Gasteiger partial charge is 0.0412 e. The molecule has 12 heavy (non-hydrogen) atoms. The van der Waals surface area contributed by atoms with E-state index in [1.54, 1.807) is 0 Å². The van der Waals surface area contributed by atoms with E-state index in [9.17, 15) is 0 Å². The molecule has 0 fully saturated rings. The molecule has 0 bridgehead atoms. The van der Waals surface area contributed by atoms with Gasteiger partial charge >= 0.3 is 0 Å². The van der Waals surface area contributed by atoms with Crippen LogP contribution in [0.4, 0.5) is 0 Å². The summed E-state index contributed by atoms with van der Waals surface area (Å²) >= 11 is 0. The molecule has 2 heteroatoms. The van der Waals surface area contributed by atoms with Crippen molar-refractivity contribution in [1.82, 2.24) is 0 Å². The molecule has 0 aliphatic rings. The van der Waals surface area contributed by atoms with E-state index in [-0.39, 0.29) is 25.8 Å². The largest absolute Gasteiger partial charge is 0.114 e. The van der Waals surface area contributed by atoms with Crippen LogP contribution in [0.1, 0.15) is 45.4 Å². The fourth-order valence-corrected chi connectivity index (χ4v) is 2.22. The van der Waals surface area contributed by atoms with Crippen LogP contribution in [0.25, 0.3) is 0 Å². The van der Waals surface area contributed by atoms with Crippen LogP contribution >= 0.6 is 17.0 Å². The fraction of sp³-hybridized carbons (Fsp3) is 1.00. The Kier molecular flexibility index (Phi) is 14.8. The molecule has 0 spiro atoms. The minimum Gasteiger partial charge on any atom is -0.114 e. The Labute approximate surface area is 90.5 Å². The quantitative estimate of drug-likeness (QED) is 0.456. The molecule has 0 aromatic carbocycles. The van der Waals surface area contributed by atoms with E-state index < -0.39 is 0 Å². The van der Waals surface area contributed by atoms with Crippen molar-refractivity contribution in [3.05, 3.63) is 0 Å². The summed E-state index contributed by atoms with van der Waals surface area (Å²) in [6.45, 7) is 7.10. The van der Waals surface area contributed by atoms with E-state index >= 15 is 0 Å². The molecule has 0 aromatic heterocycles. The Balaban J connectivity index is 0. The lowest BCUT2D eigenvalue weighted by Crippen LogP contribution is -1.97. The van der Waals surface area contributed by atoms with Gasteiger partial charge in [-0.2, -0.15) is 0 Å². The van der Waals surface area contributed by atoms with E-state index in [1.165, 1.54) is 44.6 Å². The van der Waals surface area contributed by atoms with Gasteiger partial charge in [-0.3, -0.25) is 0 Å². The Hall–Kier alpha value is 0.697. The molecule has 0 aliphatic carbocycles. The maximum atomic E-state index is 2.41.